The van der Waals surface area contributed by atoms with Crippen molar-refractivity contribution in [1.82, 2.24) is 14.7 Å². The summed E-state index contributed by atoms with van der Waals surface area (Å²) < 4.78 is 23.1. The summed E-state index contributed by atoms with van der Waals surface area (Å²) in [5, 5.41) is 4.73. The zero-order valence-corrected chi connectivity index (χ0v) is 7.87. The summed E-state index contributed by atoms with van der Waals surface area (Å²) in [6.45, 7) is 1.86. The van der Waals surface area contributed by atoms with Crippen molar-refractivity contribution in [2.75, 3.05) is 0 Å². The van der Waals surface area contributed by atoms with E-state index in [-0.39, 0.29) is 6.54 Å². The van der Waals surface area contributed by atoms with Crippen molar-refractivity contribution in [3.63, 3.8) is 0 Å². The molecule has 0 radical (unpaired) electrons. The van der Waals surface area contributed by atoms with Gasteiger partial charge in [-0.25, -0.2) is 5.14 Å². The predicted molar refractivity (Wildman–Crippen MR) is 46.7 cm³/mol. The first-order valence-corrected chi connectivity index (χ1v) is 5.07. The fourth-order valence-electron chi connectivity index (χ4n) is 0.685. The lowest BCUT2D eigenvalue weighted by atomic mass is 10.4. The maximum Gasteiger partial charge on any atom is 0.274 e. The van der Waals surface area contributed by atoms with Crippen molar-refractivity contribution in [3.8, 4) is 0 Å². The molecule has 0 aliphatic heterocycles. The molecule has 7 heteroatoms. The van der Waals surface area contributed by atoms with Gasteiger partial charge in [-0.2, -0.15) is 13.1 Å². The van der Waals surface area contributed by atoms with E-state index in [1.807, 2.05) is 0 Å². The van der Waals surface area contributed by atoms with Crippen LogP contribution in [0.2, 0.25) is 0 Å². The highest BCUT2D eigenvalue weighted by molar-refractivity contribution is 7.87. The summed E-state index contributed by atoms with van der Waals surface area (Å²) in [6.07, 6.45) is 3.05. The second-order valence-corrected chi connectivity index (χ2v) is 3.89. The highest BCUT2D eigenvalue weighted by Crippen LogP contribution is 1.93. The van der Waals surface area contributed by atoms with E-state index in [2.05, 4.69) is 14.7 Å². The number of nitrogens with zero attached hydrogens (tertiary/aromatic N) is 2. The Labute approximate surface area is 76.4 Å². The molecule has 0 spiro atoms. The monoisotopic (exact) mass is 202 g/mol. The Bertz CT molecular complexity index is 372. The van der Waals surface area contributed by atoms with Crippen molar-refractivity contribution < 1.29 is 8.42 Å². The van der Waals surface area contributed by atoms with Crippen molar-refractivity contribution >= 4 is 10.2 Å². The maximum atomic E-state index is 10.5. The molecule has 0 fully saturated rings. The highest BCUT2D eigenvalue weighted by Gasteiger charge is 2.01. The SMILES string of the molecule is Cc1cnc(CNS(N)(=O)=O)cn1. The predicted octanol–water partition coefficient (Wildman–Crippen LogP) is -0.922. The molecule has 0 amide bonds. The Balaban J connectivity index is 2.61. The zero-order valence-electron chi connectivity index (χ0n) is 7.06. The number of rotatable bonds is 3. The third-order valence-corrected chi connectivity index (χ3v) is 1.84. The molecule has 0 aromatic carbocycles. The van der Waals surface area contributed by atoms with Crippen LogP contribution in [0.3, 0.4) is 0 Å². The van der Waals surface area contributed by atoms with Gasteiger partial charge in [-0.1, -0.05) is 0 Å². The largest absolute Gasteiger partial charge is 0.274 e. The van der Waals surface area contributed by atoms with Crippen LogP contribution in [-0.4, -0.2) is 18.4 Å². The third-order valence-electron chi connectivity index (χ3n) is 1.29. The van der Waals surface area contributed by atoms with Gasteiger partial charge < -0.3 is 0 Å². The molecule has 0 bridgehead atoms. The van der Waals surface area contributed by atoms with Gasteiger partial charge in [-0.3, -0.25) is 9.97 Å². The smallest absolute Gasteiger partial charge is 0.258 e. The Morgan fingerprint density at radius 2 is 2.15 bits per heavy atom. The number of hydrogen-bond acceptors (Lipinski definition) is 4. The second kappa shape index (κ2) is 3.77. The molecule has 1 aromatic heterocycles. The van der Waals surface area contributed by atoms with Crippen LogP contribution >= 0.6 is 0 Å². The minimum atomic E-state index is -3.65. The molecule has 0 saturated heterocycles. The first kappa shape index (κ1) is 10.0. The summed E-state index contributed by atoms with van der Waals surface area (Å²) in [6, 6.07) is 0. The van der Waals surface area contributed by atoms with Crippen LogP contribution in [0.15, 0.2) is 12.4 Å². The van der Waals surface area contributed by atoms with E-state index in [0.717, 1.165) is 5.69 Å². The summed E-state index contributed by atoms with van der Waals surface area (Å²) in [5.41, 5.74) is 1.30. The number of aromatic nitrogens is 2. The van der Waals surface area contributed by atoms with E-state index in [4.69, 9.17) is 5.14 Å². The topological polar surface area (TPSA) is 98.0 Å². The Hall–Kier alpha value is -1.05. The van der Waals surface area contributed by atoms with E-state index in [0.29, 0.717) is 5.69 Å². The Morgan fingerprint density at radius 3 is 2.62 bits per heavy atom. The molecule has 0 aliphatic carbocycles. The highest BCUT2D eigenvalue weighted by atomic mass is 32.2. The fourth-order valence-corrected chi connectivity index (χ4v) is 1.03. The van der Waals surface area contributed by atoms with E-state index >= 15 is 0 Å². The van der Waals surface area contributed by atoms with Crippen LogP contribution in [0.25, 0.3) is 0 Å². The molecule has 0 saturated carbocycles. The standard InChI is InChI=1S/C6H10N4O2S/c1-5-2-9-6(3-8-5)4-10-13(7,11)12/h2-3,10H,4H2,1H3,(H2,7,11,12). The van der Waals surface area contributed by atoms with Gasteiger partial charge in [0.15, 0.2) is 0 Å². The lowest BCUT2D eigenvalue weighted by molar-refractivity contribution is 0.582. The molecule has 0 aliphatic rings. The molecule has 1 heterocycles. The molecule has 3 N–H and O–H groups in total. The maximum absolute atomic E-state index is 10.5. The third kappa shape index (κ3) is 3.92. The molecule has 1 aromatic rings. The van der Waals surface area contributed by atoms with Crippen LogP contribution < -0.4 is 9.86 Å². The number of nitrogens with two attached hydrogens (primary N) is 1. The Morgan fingerprint density at radius 1 is 1.46 bits per heavy atom. The number of nitrogens with one attached hydrogen (secondary N) is 1. The molecule has 0 atom stereocenters. The molecular formula is C6H10N4O2S. The van der Waals surface area contributed by atoms with Crippen LogP contribution in [0, 0.1) is 6.92 Å². The Kier molecular flexibility index (Phi) is 2.91. The van der Waals surface area contributed by atoms with Crippen LogP contribution in [-0.2, 0) is 16.8 Å². The van der Waals surface area contributed by atoms with Crippen LogP contribution in [0.5, 0.6) is 0 Å². The van der Waals surface area contributed by atoms with Crippen molar-refractivity contribution in [2.45, 2.75) is 13.5 Å². The molecule has 72 valence electrons. The van der Waals surface area contributed by atoms with Gasteiger partial charge in [0.2, 0.25) is 0 Å². The number of hydrogen-bond donors (Lipinski definition) is 2. The van der Waals surface area contributed by atoms with Gasteiger partial charge in [-0.05, 0) is 6.92 Å². The molecule has 1 rings (SSSR count). The van der Waals surface area contributed by atoms with Crippen molar-refractivity contribution in [1.29, 1.82) is 0 Å². The van der Waals surface area contributed by atoms with E-state index < -0.39 is 10.2 Å². The van der Waals surface area contributed by atoms with E-state index in [9.17, 15) is 8.42 Å². The summed E-state index contributed by atoms with van der Waals surface area (Å²) in [7, 11) is -3.65. The lowest BCUT2D eigenvalue weighted by Crippen LogP contribution is -2.30. The molecular weight excluding hydrogens is 192 g/mol. The lowest BCUT2D eigenvalue weighted by Gasteiger charge is -2.00. The minimum absolute atomic E-state index is 0.0616. The van der Waals surface area contributed by atoms with Gasteiger partial charge >= 0.3 is 0 Å². The first-order chi connectivity index (χ1) is 5.97. The van der Waals surface area contributed by atoms with Gasteiger partial charge in [0.05, 0.1) is 24.1 Å². The summed E-state index contributed by atoms with van der Waals surface area (Å²) in [4.78, 5) is 7.88. The summed E-state index contributed by atoms with van der Waals surface area (Å²) in [5.74, 6) is 0. The first-order valence-electron chi connectivity index (χ1n) is 3.52. The summed E-state index contributed by atoms with van der Waals surface area (Å²) >= 11 is 0. The minimum Gasteiger partial charge on any atom is -0.258 e. The average Bonchev–Trinajstić information content (AvgIpc) is 2.02. The van der Waals surface area contributed by atoms with Gasteiger partial charge in [0, 0.05) is 6.20 Å². The van der Waals surface area contributed by atoms with Crippen molar-refractivity contribution in [2.24, 2.45) is 5.14 Å². The van der Waals surface area contributed by atoms with Gasteiger partial charge in [0.1, 0.15) is 0 Å². The molecule has 6 nitrogen and oxygen atoms in total. The van der Waals surface area contributed by atoms with Crippen molar-refractivity contribution in [3.05, 3.63) is 23.8 Å². The fraction of sp³-hybridized carbons (Fsp3) is 0.333. The normalized spacial score (nSPS) is 11.5. The quantitative estimate of drug-likeness (QED) is 0.662. The number of aryl methyl sites for hydroxylation is 1. The zero-order chi connectivity index (χ0) is 9.90. The van der Waals surface area contributed by atoms with Gasteiger partial charge in [0.25, 0.3) is 10.2 Å². The van der Waals surface area contributed by atoms with Crippen LogP contribution in [0.4, 0.5) is 0 Å². The van der Waals surface area contributed by atoms with E-state index in [1.54, 1.807) is 13.1 Å². The van der Waals surface area contributed by atoms with Crippen LogP contribution in [0.1, 0.15) is 11.4 Å². The second-order valence-electron chi connectivity index (χ2n) is 2.52. The van der Waals surface area contributed by atoms with E-state index in [1.165, 1.54) is 6.20 Å². The molecule has 13 heavy (non-hydrogen) atoms. The van der Waals surface area contributed by atoms with Gasteiger partial charge in [-0.15, -0.1) is 0 Å². The molecule has 0 unspecified atom stereocenters. The average molecular weight is 202 g/mol.